The summed E-state index contributed by atoms with van der Waals surface area (Å²) >= 11 is 0. The summed E-state index contributed by atoms with van der Waals surface area (Å²) in [5, 5.41) is 10.6. The van der Waals surface area contributed by atoms with Crippen molar-refractivity contribution >= 4 is 18.1 Å². The van der Waals surface area contributed by atoms with Crippen LogP contribution in [0.4, 0.5) is 5.69 Å². The monoisotopic (exact) mass is 230 g/mol. The van der Waals surface area contributed by atoms with Gasteiger partial charge in [-0.15, -0.1) is 12.4 Å². The molecule has 1 heterocycles. The molecule has 1 aliphatic heterocycles. The number of rotatable bonds is 1. The molecule has 5 nitrogen and oxygen atoms in total. The fourth-order valence-electron chi connectivity index (χ4n) is 1.57. The highest BCUT2D eigenvalue weighted by Crippen LogP contribution is 2.33. The van der Waals surface area contributed by atoms with Crippen LogP contribution in [0.15, 0.2) is 18.2 Å². The average molecular weight is 231 g/mol. The number of ether oxygens (including phenoxy) is 1. The van der Waals surface area contributed by atoms with Crippen LogP contribution in [0.3, 0.4) is 0 Å². The lowest BCUT2D eigenvalue weighted by Gasteiger charge is -2.21. The summed E-state index contributed by atoms with van der Waals surface area (Å²) < 4.78 is 5.26. The Balaban J connectivity index is 0.00000112. The van der Waals surface area contributed by atoms with E-state index in [1.54, 1.807) is 12.1 Å². The minimum absolute atomic E-state index is 0. The Kier molecular flexibility index (Phi) is 3.49. The average Bonchev–Trinajstić information content (AvgIpc) is 2.16. The van der Waals surface area contributed by atoms with Crippen LogP contribution in [0.5, 0.6) is 5.75 Å². The van der Waals surface area contributed by atoms with E-state index in [2.05, 4.69) is 0 Å². The quantitative estimate of drug-likeness (QED) is 0.582. The smallest absolute Gasteiger partial charge is 0.311 e. The minimum Gasteiger partial charge on any atom is -0.485 e. The standard InChI is InChI=1S/C9H10N2O3.ClH/c10-7-4-6-2-1-3-8(11(12)13)9(6)14-5-7;/h1-3,7H,4-5,10H2;1H/t7-;/m1./s1. The molecule has 15 heavy (non-hydrogen) atoms. The third kappa shape index (κ3) is 2.19. The molecule has 0 aromatic heterocycles. The van der Waals surface area contributed by atoms with Crippen LogP contribution < -0.4 is 10.5 Å². The molecule has 0 saturated carbocycles. The maximum absolute atomic E-state index is 10.6. The van der Waals surface area contributed by atoms with Gasteiger partial charge >= 0.3 is 5.69 Å². The second-order valence-electron chi connectivity index (χ2n) is 3.30. The maximum Gasteiger partial charge on any atom is 0.311 e. The Morgan fingerprint density at radius 1 is 1.53 bits per heavy atom. The number of hydrogen-bond acceptors (Lipinski definition) is 4. The molecule has 2 rings (SSSR count). The maximum atomic E-state index is 10.6. The number of nitrogens with zero attached hydrogens (tertiary/aromatic N) is 1. The summed E-state index contributed by atoms with van der Waals surface area (Å²) in [6.45, 7) is 0.345. The summed E-state index contributed by atoms with van der Waals surface area (Å²) in [4.78, 5) is 10.2. The topological polar surface area (TPSA) is 78.4 Å². The number of nitrogens with two attached hydrogens (primary N) is 1. The van der Waals surface area contributed by atoms with Crippen molar-refractivity contribution in [1.82, 2.24) is 0 Å². The SMILES string of the molecule is Cl.N[C@H]1COc2c(cccc2[N+](=O)[O-])C1. The first-order chi connectivity index (χ1) is 6.68. The lowest BCUT2D eigenvalue weighted by atomic mass is 10.0. The van der Waals surface area contributed by atoms with Crippen LogP contribution in [0, 0.1) is 10.1 Å². The van der Waals surface area contributed by atoms with Crippen molar-refractivity contribution in [3.8, 4) is 5.75 Å². The van der Waals surface area contributed by atoms with Crippen molar-refractivity contribution in [3.63, 3.8) is 0 Å². The Morgan fingerprint density at radius 3 is 2.93 bits per heavy atom. The molecular weight excluding hydrogens is 220 g/mol. The zero-order chi connectivity index (χ0) is 10.1. The predicted octanol–water partition coefficient (Wildman–Crippen LogP) is 1.28. The van der Waals surface area contributed by atoms with Crippen LogP contribution in [0.2, 0.25) is 0 Å². The number of fused-ring (bicyclic) bond motifs is 1. The van der Waals surface area contributed by atoms with Gasteiger partial charge in [-0.05, 0) is 6.42 Å². The van der Waals surface area contributed by atoms with E-state index < -0.39 is 4.92 Å². The summed E-state index contributed by atoms with van der Waals surface area (Å²) in [6.07, 6.45) is 0.636. The first-order valence-electron chi connectivity index (χ1n) is 4.33. The lowest BCUT2D eigenvalue weighted by Crippen LogP contribution is -2.34. The molecule has 6 heteroatoms. The first-order valence-corrected chi connectivity index (χ1v) is 4.33. The predicted molar refractivity (Wildman–Crippen MR) is 57.5 cm³/mol. The molecular formula is C9H11ClN2O3. The highest BCUT2D eigenvalue weighted by molar-refractivity contribution is 5.85. The summed E-state index contributed by atoms with van der Waals surface area (Å²) in [5.41, 5.74) is 6.52. The van der Waals surface area contributed by atoms with Crippen LogP contribution in [0.1, 0.15) is 5.56 Å². The van der Waals surface area contributed by atoms with Gasteiger partial charge in [0.05, 0.1) is 4.92 Å². The van der Waals surface area contributed by atoms with Crippen LogP contribution in [-0.4, -0.2) is 17.6 Å². The van der Waals surface area contributed by atoms with E-state index >= 15 is 0 Å². The summed E-state index contributed by atoms with van der Waals surface area (Å²) in [7, 11) is 0. The minimum atomic E-state index is -0.435. The molecule has 82 valence electrons. The van der Waals surface area contributed by atoms with Crippen molar-refractivity contribution in [2.24, 2.45) is 5.73 Å². The zero-order valence-electron chi connectivity index (χ0n) is 7.88. The first kappa shape index (κ1) is 11.7. The van der Waals surface area contributed by atoms with Gasteiger partial charge < -0.3 is 10.5 Å². The van der Waals surface area contributed by atoms with Crippen molar-refractivity contribution in [1.29, 1.82) is 0 Å². The van der Waals surface area contributed by atoms with Gasteiger partial charge in [0.1, 0.15) is 6.61 Å². The van der Waals surface area contributed by atoms with Crippen LogP contribution in [-0.2, 0) is 6.42 Å². The largest absolute Gasteiger partial charge is 0.485 e. The highest BCUT2D eigenvalue weighted by atomic mass is 35.5. The van der Waals surface area contributed by atoms with E-state index in [9.17, 15) is 10.1 Å². The molecule has 1 aromatic rings. The molecule has 0 unspecified atom stereocenters. The molecule has 1 aliphatic rings. The van der Waals surface area contributed by atoms with Crippen molar-refractivity contribution in [2.75, 3.05) is 6.61 Å². The second kappa shape index (κ2) is 4.46. The van der Waals surface area contributed by atoms with Crippen molar-refractivity contribution < 1.29 is 9.66 Å². The number of benzene rings is 1. The third-order valence-electron chi connectivity index (χ3n) is 2.20. The van der Waals surface area contributed by atoms with Gasteiger partial charge in [-0.2, -0.15) is 0 Å². The van der Waals surface area contributed by atoms with Gasteiger partial charge in [0.25, 0.3) is 0 Å². The van der Waals surface area contributed by atoms with Gasteiger partial charge in [0, 0.05) is 17.7 Å². The molecule has 0 spiro atoms. The van der Waals surface area contributed by atoms with Gasteiger partial charge in [-0.3, -0.25) is 10.1 Å². The van der Waals surface area contributed by atoms with E-state index in [-0.39, 0.29) is 24.1 Å². The molecule has 0 amide bonds. The lowest BCUT2D eigenvalue weighted by molar-refractivity contribution is -0.386. The van der Waals surface area contributed by atoms with Gasteiger partial charge in [-0.1, -0.05) is 12.1 Å². The fraction of sp³-hybridized carbons (Fsp3) is 0.333. The normalized spacial score (nSPS) is 18.3. The number of nitro benzene ring substituents is 1. The number of nitro groups is 1. The molecule has 1 atom stereocenters. The number of hydrogen-bond donors (Lipinski definition) is 1. The Hall–Kier alpha value is -1.33. The number of halogens is 1. The van der Waals surface area contributed by atoms with E-state index in [1.807, 2.05) is 0 Å². The summed E-state index contributed by atoms with van der Waals surface area (Å²) in [5.74, 6) is 0.374. The molecule has 1 aromatic carbocycles. The summed E-state index contributed by atoms with van der Waals surface area (Å²) in [6, 6.07) is 4.83. The van der Waals surface area contributed by atoms with Crippen LogP contribution >= 0.6 is 12.4 Å². The fourth-order valence-corrected chi connectivity index (χ4v) is 1.57. The Bertz CT molecular complexity index is 384. The van der Waals surface area contributed by atoms with E-state index in [1.165, 1.54) is 6.07 Å². The molecule has 0 radical (unpaired) electrons. The van der Waals surface area contributed by atoms with E-state index in [4.69, 9.17) is 10.5 Å². The zero-order valence-corrected chi connectivity index (χ0v) is 8.70. The molecule has 2 N–H and O–H groups in total. The van der Waals surface area contributed by atoms with E-state index in [0.29, 0.717) is 18.8 Å². The van der Waals surface area contributed by atoms with E-state index in [0.717, 1.165) is 5.56 Å². The van der Waals surface area contributed by atoms with Gasteiger partial charge in [0.15, 0.2) is 5.75 Å². The van der Waals surface area contributed by atoms with Crippen LogP contribution in [0.25, 0.3) is 0 Å². The van der Waals surface area contributed by atoms with Crippen molar-refractivity contribution in [3.05, 3.63) is 33.9 Å². The molecule has 0 aliphatic carbocycles. The molecule has 0 fully saturated rings. The molecule has 0 bridgehead atoms. The molecule has 0 saturated heterocycles. The number of para-hydroxylation sites is 1. The highest BCUT2D eigenvalue weighted by Gasteiger charge is 2.24. The Labute approximate surface area is 92.8 Å². The third-order valence-corrected chi connectivity index (χ3v) is 2.20. The van der Waals surface area contributed by atoms with Gasteiger partial charge in [-0.25, -0.2) is 0 Å². The second-order valence-corrected chi connectivity index (χ2v) is 3.30. The van der Waals surface area contributed by atoms with Gasteiger partial charge in [0.2, 0.25) is 0 Å². The van der Waals surface area contributed by atoms with Crippen molar-refractivity contribution in [2.45, 2.75) is 12.5 Å². The Morgan fingerprint density at radius 2 is 2.27 bits per heavy atom.